The molecule has 0 unspecified atom stereocenters. The molecule has 17 heavy (non-hydrogen) atoms. The van der Waals surface area contributed by atoms with Gasteiger partial charge < -0.3 is 9.47 Å². The van der Waals surface area contributed by atoms with Gasteiger partial charge >= 0.3 is 0 Å². The number of hydrogen-bond donors (Lipinski definition) is 0. The van der Waals surface area contributed by atoms with Crippen LogP contribution in [0.4, 0.5) is 0 Å². The Morgan fingerprint density at radius 3 is 2.35 bits per heavy atom. The van der Waals surface area contributed by atoms with Gasteiger partial charge in [-0.2, -0.15) is 0 Å². The SMILES string of the molecule is CC.CCC.CN1CCC[C@@H]1Cn1ccnc1. The summed E-state index contributed by atoms with van der Waals surface area (Å²) in [6.45, 7) is 10.6. The third-order valence-electron chi connectivity index (χ3n) is 2.65. The Balaban J connectivity index is 0.000000450. The van der Waals surface area contributed by atoms with E-state index in [-0.39, 0.29) is 0 Å². The Morgan fingerprint density at radius 2 is 1.94 bits per heavy atom. The van der Waals surface area contributed by atoms with Crippen LogP contribution in [0.25, 0.3) is 0 Å². The third kappa shape index (κ3) is 6.47. The first-order chi connectivity index (χ1) is 8.27. The van der Waals surface area contributed by atoms with E-state index in [9.17, 15) is 0 Å². The summed E-state index contributed by atoms with van der Waals surface area (Å²) < 4.78 is 2.16. The van der Waals surface area contributed by atoms with Crippen LogP contribution in [0.5, 0.6) is 0 Å². The number of nitrogens with zero attached hydrogens (tertiary/aromatic N) is 3. The molecule has 2 heterocycles. The molecule has 0 spiro atoms. The minimum Gasteiger partial charge on any atom is -0.336 e. The Hall–Kier alpha value is -0.830. The van der Waals surface area contributed by atoms with E-state index in [1.807, 2.05) is 32.6 Å². The lowest BCUT2D eigenvalue weighted by molar-refractivity contribution is 0.282. The normalized spacial score (nSPS) is 19.0. The van der Waals surface area contributed by atoms with Crippen LogP contribution < -0.4 is 0 Å². The van der Waals surface area contributed by atoms with E-state index in [0.29, 0.717) is 0 Å². The Morgan fingerprint density at radius 1 is 1.29 bits per heavy atom. The van der Waals surface area contributed by atoms with Gasteiger partial charge in [0.05, 0.1) is 6.33 Å². The Bertz CT molecular complexity index is 244. The quantitative estimate of drug-likeness (QED) is 0.788. The van der Waals surface area contributed by atoms with Gasteiger partial charge in [-0.05, 0) is 26.4 Å². The number of imidazole rings is 1. The fourth-order valence-corrected chi connectivity index (χ4v) is 1.85. The van der Waals surface area contributed by atoms with Crippen LogP contribution in [-0.2, 0) is 6.54 Å². The van der Waals surface area contributed by atoms with Crippen molar-refractivity contribution in [3.63, 3.8) is 0 Å². The molecule has 3 nitrogen and oxygen atoms in total. The van der Waals surface area contributed by atoms with Crippen molar-refractivity contribution in [2.75, 3.05) is 13.6 Å². The van der Waals surface area contributed by atoms with Crippen molar-refractivity contribution in [2.45, 2.75) is 59.5 Å². The first-order valence-corrected chi connectivity index (χ1v) is 6.93. The fraction of sp³-hybridized carbons (Fsp3) is 0.786. The van der Waals surface area contributed by atoms with Crippen LogP contribution in [0.15, 0.2) is 18.7 Å². The molecular formula is C14H29N3. The van der Waals surface area contributed by atoms with E-state index in [1.165, 1.54) is 25.8 Å². The van der Waals surface area contributed by atoms with Gasteiger partial charge in [0.1, 0.15) is 0 Å². The van der Waals surface area contributed by atoms with E-state index >= 15 is 0 Å². The minimum absolute atomic E-state index is 0.721. The monoisotopic (exact) mass is 239 g/mol. The highest BCUT2D eigenvalue weighted by molar-refractivity contribution is 4.81. The fourth-order valence-electron chi connectivity index (χ4n) is 1.85. The molecule has 0 amide bonds. The maximum Gasteiger partial charge on any atom is 0.0946 e. The molecule has 1 saturated heterocycles. The van der Waals surface area contributed by atoms with E-state index < -0.39 is 0 Å². The van der Waals surface area contributed by atoms with Crippen molar-refractivity contribution in [3.05, 3.63) is 18.7 Å². The van der Waals surface area contributed by atoms with Crippen molar-refractivity contribution in [2.24, 2.45) is 0 Å². The summed E-state index contributed by atoms with van der Waals surface area (Å²) in [6.07, 6.45) is 9.69. The molecule has 0 bridgehead atoms. The van der Waals surface area contributed by atoms with Crippen LogP contribution in [-0.4, -0.2) is 34.1 Å². The molecular weight excluding hydrogens is 210 g/mol. The minimum atomic E-state index is 0.721. The summed E-state index contributed by atoms with van der Waals surface area (Å²) >= 11 is 0. The Kier molecular flexibility index (Phi) is 9.83. The average molecular weight is 239 g/mol. The van der Waals surface area contributed by atoms with Crippen LogP contribution in [0, 0.1) is 0 Å². The van der Waals surface area contributed by atoms with Crippen molar-refractivity contribution >= 4 is 0 Å². The maximum atomic E-state index is 4.03. The van der Waals surface area contributed by atoms with Gasteiger partial charge in [0.2, 0.25) is 0 Å². The predicted octanol–water partition coefficient (Wildman–Crippen LogP) is 3.42. The first kappa shape index (κ1) is 16.2. The molecule has 1 fully saturated rings. The zero-order valence-electron chi connectivity index (χ0n) is 12.2. The number of aromatic nitrogens is 2. The molecule has 0 N–H and O–H groups in total. The molecule has 0 saturated carbocycles. The maximum absolute atomic E-state index is 4.03. The smallest absolute Gasteiger partial charge is 0.0946 e. The highest BCUT2D eigenvalue weighted by atomic mass is 15.2. The second kappa shape index (κ2) is 10.3. The zero-order valence-corrected chi connectivity index (χ0v) is 12.2. The van der Waals surface area contributed by atoms with Crippen molar-refractivity contribution < 1.29 is 0 Å². The summed E-state index contributed by atoms with van der Waals surface area (Å²) in [6, 6.07) is 0.721. The topological polar surface area (TPSA) is 21.1 Å². The van der Waals surface area contributed by atoms with E-state index in [2.05, 4.69) is 35.3 Å². The lowest BCUT2D eigenvalue weighted by atomic mass is 10.2. The van der Waals surface area contributed by atoms with Crippen LogP contribution in [0.3, 0.4) is 0 Å². The van der Waals surface area contributed by atoms with Gasteiger partial charge in [-0.1, -0.05) is 34.1 Å². The van der Waals surface area contributed by atoms with Gasteiger partial charge in [0.25, 0.3) is 0 Å². The lowest BCUT2D eigenvalue weighted by Gasteiger charge is -2.19. The summed E-state index contributed by atoms with van der Waals surface area (Å²) in [5.41, 5.74) is 0. The highest BCUT2D eigenvalue weighted by Gasteiger charge is 2.20. The second-order valence-electron chi connectivity index (χ2n) is 4.24. The summed E-state index contributed by atoms with van der Waals surface area (Å²) in [7, 11) is 2.20. The van der Waals surface area contributed by atoms with Crippen LogP contribution in [0.2, 0.25) is 0 Å². The van der Waals surface area contributed by atoms with E-state index in [1.54, 1.807) is 0 Å². The molecule has 3 heteroatoms. The molecule has 2 rings (SSSR count). The molecule has 1 aliphatic heterocycles. The number of rotatable bonds is 2. The van der Waals surface area contributed by atoms with Gasteiger partial charge in [0, 0.05) is 25.0 Å². The predicted molar refractivity (Wildman–Crippen MR) is 75.2 cm³/mol. The van der Waals surface area contributed by atoms with Gasteiger partial charge in [-0.3, -0.25) is 0 Å². The summed E-state index contributed by atoms with van der Waals surface area (Å²) in [5, 5.41) is 0. The van der Waals surface area contributed by atoms with E-state index in [0.717, 1.165) is 12.6 Å². The van der Waals surface area contributed by atoms with Gasteiger partial charge in [0.15, 0.2) is 0 Å². The lowest BCUT2D eigenvalue weighted by Crippen LogP contribution is -2.28. The number of hydrogen-bond acceptors (Lipinski definition) is 2. The van der Waals surface area contributed by atoms with Crippen molar-refractivity contribution in [1.82, 2.24) is 14.5 Å². The van der Waals surface area contributed by atoms with Gasteiger partial charge in [-0.25, -0.2) is 4.98 Å². The summed E-state index contributed by atoms with van der Waals surface area (Å²) in [4.78, 5) is 6.46. The standard InChI is InChI=1S/C9H15N3.C3H8.C2H6/c1-11-5-2-3-9(11)7-12-6-4-10-8-12;1-3-2;1-2/h4,6,8-9H,2-3,5,7H2,1H3;3H2,1-2H3;1-2H3/t9-;;/m1../s1. The molecule has 1 aliphatic rings. The van der Waals surface area contributed by atoms with Crippen LogP contribution in [0.1, 0.15) is 47.0 Å². The molecule has 1 aromatic rings. The number of likely N-dealkylation sites (N-methyl/N-ethyl adjacent to an activating group) is 1. The second-order valence-corrected chi connectivity index (χ2v) is 4.24. The third-order valence-corrected chi connectivity index (χ3v) is 2.65. The van der Waals surface area contributed by atoms with Crippen molar-refractivity contribution in [3.8, 4) is 0 Å². The van der Waals surface area contributed by atoms with Crippen molar-refractivity contribution in [1.29, 1.82) is 0 Å². The molecule has 1 atom stereocenters. The molecule has 0 aliphatic carbocycles. The molecule has 0 aromatic carbocycles. The first-order valence-electron chi connectivity index (χ1n) is 6.93. The van der Waals surface area contributed by atoms with Gasteiger partial charge in [-0.15, -0.1) is 0 Å². The van der Waals surface area contributed by atoms with Crippen LogP contribution >= 0.6 is 0 Å². The Labute approximate surface area is 107 Å². The molecule has 1 aromatic heterocycles. The zero-order chi connectivity index (χ0) is 13.1. The highest BCUT2D eigenvalue weighted by Crippen LogP contribution is 2.15. The largest absolute Gasteiger partial charge is 0.336 e. The summed E-state index contributed by atoms with van der Waals surface area (Å²) in [5.74, 6) is 0. The van der Waals surface area contributed by atoms with E-state index in [4.69, 9.17) is 0 Å². The molecule has 0 radical (unpaired) electrons. The molecule has 100 valence electrons. The number of likely N-dealkylation sites (tertiary alicyclic amines) is 1. The average Bonchev–Trinajstić information content (AvgIpc) is 2.97.